The first-order chi connectivity index (χ1) is 5.57. The van der Waals surface area contributed by atoms with Crippen molar-refractivity contribution in [2.45, 2.75) is 6.92 Å². The zero-order valence-electron chi connectivity index (χ0n) is 7.17. The Bertz CT molecular complexity index is 364. The molecule has 1 heterocycles. The molecule has 1 aromatic heterocycles. The second kappa shape index (κ2) is 3.10. The largest absolute Gasteiger partial charge is 0.464 e. The first-order valence-electron chi connectivity index (χ1n) is 3.42. The van der Waals surface area contributed by atoms with Crippen LogP contribution in [0.5, 0.6) is 0 Å². The fourth-order valence-electron chi connectivity index (χ4n) is 0.902. The smallest absolute Gasteiger partial charge is 0.356 e. The lowest BCUT2D eigenvalue weighted by Crippen LogP contribution is -2.04. The summed E-state index contributed by atoms with van der Waals surface area (Å²) in [6, 6.07) is 0. The normalized spacial score (nSPS) is 9.92. The van der Waals surface area contributed by atoms with Gasteiger partial charge < -0.3 is 14.3 Å². The van der Waals surface area contributed by atoms with Gasteiger partial charge in [0.1, 0.15) is 5.69 Å². The Kier molecular flexibility index (Phi) is 2.32. The topological polar surface area (TPSA) is 47.0 Å². The first kappa shape index (κ1) is 8.99. The number of hydrogen-bond donors (Lipinski definition) is 1. The van der Waals surface area contributed by atoms with E-state index in [1.807, 2.05) is 0 Å². The number of hydrogen-bond acceptors (Lipinski definition) is 3. The Morgan fingerprint density at radius 2 is 2.25 bits per heavy atom. The third-order valence-corrected chi connectivity index (χ3v) is 2.17. The number of nitrogens with zero attached hydrogens (tertiary/aromatic N) is 1. The summed E-state index contributed by atoms with van der Waals surface area (Å²) in [5, 5.41) is 0. The summed E-state index contributed by atoms with van der Waals surface area (Å²) in [4.78, 5) is 13.9. The molecule has 0 saturated heterocycles. The summed E-state index contributed by atoms with van der Waals surface area (Å²) in [7, 11) is 3.13. The number of aromatic nitrogens is 2. The van der Waals surface area contributed by atoms with E-state index in [1.54, 1.807) is 18.5 Å². The molecule has 0 aliphatic carbocycles. The summed E-state index contributed by atoms with van der Waals surface area (Å²) in [6.45, 7) is 1.80. The van der Waals surface area contributed by atoms with Crippen molar-refractivity contribution >= 4 is 18.2 Å². The molecule has 0 radical (unpaired) electrons. The summed E-state index contributed by atoms with van der Waals surface area (Å²) >= 11 is 4.93. The lowest BCUT2D eigenvalue weighted by Gasteiger charge is -1.97. The van der Waals surface area contributed by atoms with Gasteiger partial charge in [0.05, 0.1) is 7.11 Å². The van der Waals surface area contributed by atoms with Crippen LogP contribution in [-0.2, 0) is 11.8 Å². The predicted octanol–water partition coefficient (Wildman–Crippen LogP) is 1.18. The van der Waals surface area contributed by atoms with Gasteiger partial charge in [-0.2, -0.15) is 0 Å². The van der Waals surface area contributed by atoms with Crippen molar-refractivity contribution in [3.05, 3.63) is 16.2 Å². The van der Waals surface area contributed by atoms with Crippen LogP contribution in [0.3, 0.4) is 0 Å². The van der Waals surface area contributed by atoms with Gasteiger partial charge in [-0.05, 0) is 19.1 Å². The summed E-state index contributed by atoms with van der Waals surface area (Å²) in [5.41, 5.74) is 1.21. The molecule has 0 unspecified atom stereocenters. The number of nitrogens with one attached hydrogen (secondary N) is 1. The van der Waals surface area contributed by atoms with Crippen molar-refractivity contribution < 1.29 is 9.53 Å². The molecule has 0 saturated carbocycles. The Morgan fingerprint density at radius 1 is 1.67 bits per heavy atom. The lowest BCUT2D eigenvalue weighted by molar-refractivity contribution is 0.0593. The van der Waals surface area contributed by atoms with E-state index in [0.717, 1.165) is 5.69 Å². The number of carbonyl (C=O) groups is 1. The molecular weight excluding hydrogens is 176 g/mol. The number of aromatic amines is 1. The number of methoxy groups -OCH3 is 1. The second-order valence-corrected chi connectivity index (χ2v) is 2.83. The maximum atomic E-state index is 11.1. The molecule has 0 atom stereocenters. The van der Waals surface area contributed by atoms with Gasteiger partial charge in [-0.1, -0.05) is 0 Å². The van der Waals surface area contributed by atoms with Crippen LogP contribution in [0.2, 0.25) is 0 Å². The maximum Gasteiger partial charge on any atom is 0.356 e. The monoisotopic (exact) mass is 186 g/mol. The van der Waals surface area contributed by atoms with Crippen molar-refractivity contribution in [3.8, 4) is 0 Å². The van der Waals surface area contributed by atoms with Crippen LogP contribution in [0.1, 0.15) is 16.2 Å². The minimum absolute atomic E-state index is 0.390. The van der Waals surface area contributed by atoms with E-state index in [0.29, 0.717) is 10.5 Å². The minimum atomic E-state index is -0.390. The average molecular weight is 186 g/mol. The van der Waals surface area contributed by atoms with Crippen LogP contribution in [0.25, 0.3) is 0 Å². The van der Waals surface area contributed by atoms with E-state index in [2.05, 4.69) is 9.72 Å². The molecule has 5 heteroatoms. The quantitative estimate of drug-likeness (QED) is 0.529. The van der Waals surface area contributed by atoms with Gasteiger partial charge in [-0.15, -0.1) is 0 Å². The molecule has 0 bridgehead atoms. The first-order valence-corrected chi connectivity index (χ1v) is 3.82. The molecular formula is C7H10N2O2S. The van der Waals surface area contributed by atoms with Gasteiger partial charge in [0.25, 0.3) is 0 Å². The van der Waals surface area contributed by atoms with Gasteiger partial charge in [-0.3, -0.25) is 0 Å². The third kappa shape index (κ3) is 1.27. The van der Waals surface area contributed by atoms with Crippen molar-refractivity contribution in [1.29, 1.82) is 0 Å². The highest BCUT2D eigenvalue weighted by Gasteiger charge is 2.12. The average Bonchev–Trinajstić information content (AvgIpc) is 2.32. The molecule has 1 aromatic rings. The number of ether oxygens (including phenoxy) is 1. The molecule has 12 heavy (non-hydrogen) atoms. The number of H-pyrrole nitrogens is 1. The van der Waals surface area contributed by atoms with Crippen LogP contribution in [0.15, 0.2) is 0 Å². The Hall–Kier alpha value is -1.10. The van der Waals surface area contributed by atoms with E-state index >= 15 is 0 Å². The molecule has 0 spiro atoms. The lowest BCUT2D eigenvalue weighted by atomic mass is 10.3. The van der Waals surface area contributed by atoms with E-state index in [-0.39, 0.29) is 5.97 Å². The number of carbonyl (C=O) groups excluding carboxylic acids is 1. The maximum absolute atomic E-state index is 11.1. The van der Waals surface area contributed by atoms with Crippen molar-refractivity contribution in [2.75, 3.05) is 7.11 Å². The molecule has 0 aliphatic rings. The van der Waals surface area contributed by atoms with Gasteiger partial charge in [0.15, 0.2) is 4.77 Å². The molecule has 0 amide bonds. The van der Waals surface area contributed by atoms with Gasteiger partial charge in [-0.25, -0.2) is 4.79 Å². The highest BCUT2D eigenvalue weighted by Crippen LogP contribution is 2.06. The van der Waals surface area contributed by atoms with Gasteiger partial charge >= 0.3 is 5.97 Å². The minimum Gasteiger partial charge on any atom is -0.464 e. The van der Waals surface area contributed by atoms with Crippen LogP contribution >= 0.6 is 12.2 Å². The van der Waals surface area contributed by atoms with E-state index in [1.165, 1.54) is 7.11 Å². The number of esters is 1. The van der Waals surface area contributed by atoms with E-state index in [4.69, 9.17) is 12.2 Å². The Labute approximate surface area is 75.2 Å². The number of rotatable bonds is 1. The molecule has 0 aromatic carbocycles. The fourth-order valence-corrected chi connectivity index (χ4v) is 1.14. The Morgan fingerprint density at radius 3 is 2.58 bits per heavy atom. The summed E-state index contributed by atoms with van der Waals surface area (Å²) in [6.07, 6.45) is 0. The summed E-state index contributed by atoms with van der Waals surface area (Å²) < 4.78 is 6.80. The van der Waals surface area contributed by atoms with E-state index in [9.17, 15) is 4.79 Å². The van der Waals surface area contributed by atoms with Gasteiger partial charge in [0, 0.05) is 12.7 Å². The second-order valence-electron chi connectivity index (χ2n) is 2.44. The van der Waals surface area contributed by atoms with E-state index < -0.39 is 0 Å². The van der Waals surface area contributed by atoms with Gasteiger partial charge in [0.2, 0.25) is 0 Å². The summed E-state index contributed by atoms with van der Waals surface area (Å²) in [5.74, 6) is -0.390. The van der Waals surface area contributed by atoms with Crippen molar-refractivity contribution in [2.24, 2.45) is 7.05 Å². The molecule has 1 rings (SSSR count). The molecule has 1 N–H and O–H groups in total. The predicted molar refractivity (Wildman–Crippen MR) is 46.7 cm³/mol. The van der Waals surface area contributed by atoms with Crippen molar-refractivity contribution in [1.82, 2.24) is 9.55 Å². The van der Waals surface area contributed by atoms with Crippen molar-refractivity contribution in [3.63, 3.8) is 0 Å². The molecule has 66 valence electrons. The van der Waals surface area contributed by atoms with Crippen LogP contribution in [0, 0.1) is 11.7 Å². The molecule has 0 fully saturated rings. The number of imidazole rings is 1. The zero-order chi connectivity index (χ0) is 9.30. The Balaban J connectivity index is 3.27. The molecule has 0 aliphatic heterocycles. The zero-order valence-corrected chi connectivity index (χ0v) is 7.99. The highest BCUT2D eigenvalue weighted by molar-refractivity contribution is 7.71. The van der Waals surface area contributed by atoms with Crippen LogP contribution < -0.4 is 0 Å². The van der Waals surface area contributed by atoms with Crippen LogP contribution in [-0.4, -0.2) is 22.6 Å². The molecule has 4 nitrogen and oxygen atoms in total. The SMILES string of the molecule is COC(=O)c1[nH]c(=S)n(C)c1C. The van der Waals surface area contributed by atoms with Crippen LogP contribution in [0.4, 0.5) is 0 Å². The highest BCUT2D eigenvalue weighted by atomic mass is 32.1. The standard InChI is InChI=1S/C7H10N2O2S/c1-4-5(6(10)11-3)8-7(12)9(4)2/h1-3H3,(H,8,12). The fraction of sp³-hybridized carbons (Fsp3) is 0.429. The third-order valence-electron chi connectivity index (χ3n) is 1.79.